The lowest BCUT2D eigenvalue weighted by Gasteiger charge is -2.24. The summed E-state index contributed by atoms with van der Waals surface area (Å²) < 4.78 is 0. The number of hydrogen-bond acceptors (Lipinski definition) is 4. The summed E-state index contributed by atoms with van der Waals surface area (Å²) in [6, 6.07) is 0.809. The molecule has 0 radical (unpaired) electrons. The van der Waals surface area contributed by atoms with Crippen molar-refractivity contribution in [1.82, 2.24) is 9.88 Å². The molecule has 110 valence electrons. The number of amides is 1. The first kappa shape index (κ1) is 16.2. The molecule has 20 heavy (non-hydrogen) atoms. The first-order chi connectivity index (χ1) is 9.40. The maximum Gasteiger partial charge on any atom is 0.337 e. The van der Waals surface area contributed by atoms with Gasteiger partial charge in [0.15, 0.2) is 0 Å². The summed E-state index contributed by atoms with van der Waals surface area (Å²) >= 11 is 5.96. The Morgan fingerprint density at radius 1 is 1.45 bits per heavy atom. The number of aromatic carboxylic acids is 1. The largest absolute Gasteiger partial charge is 0.478 e. The van der Waals surface area contributed by atoms with Gasteiger partial charge in [0.1, 0.15) is 11.9 Å². The first-order valence-corrected chi connectivity index (χ1v) is 6.72. The third-order valence-electron chi connectivity index (χ3n) is 2.89. The summed E-state index contributed by atoms with van der Waals surface area (Å²) in [7, 11) is 0. The summed E-state index contributed by atoms with van der Waals surface area (Å²) in [4.78, 5) is 28.5. The number of hydrogen-bond donors (Lipinski definition) is 2. The fourth-order valence-corrected chi connectivity index (χ4v) is 1.96. The van der Waals surface area contributed by atoms with Gasteiger partial charge in [-0.1, -0.05) is 11.6 Å². The molecule has 0 saturated heterocycles. The number of halogens is 1. The standard InChI is InChI=1S/C13H18ClN3O3/c1-4-17(5-2)12(18)8(3)16-11-10(14)6-9(7-15-11)13(19)20/h6-8H,4-5H2,1-3H3,(H,15,16)(H,19,20). The number of aromatic nitrogens is 1. The molecule has 1 rings (SSSR count). The van der Waals surface area contributed by atoms with Crippen molar-refractivity contribution in [2.75, 3.05) is 18.4 Å². The van der Waals surface area contributed by atoms with E-state index in [1.165, 1.54) is 12.3 Å². The normalized spacial score (nSPS) is 11.8. The highest BCUT2D eigenvalue weighted by molar-refractivity contribution is 6.33. The van der Waals surface area contributed by atoms with Gasteiger partial charge in [-0.15, -0.1) is 0 Å². The Morgan fingerprint density at radius 2 is 2.05 bits per heavy atom. The molecule has 0 aliphatic carbocycles. The van der Waals surface area contributed by atoms with Gasteiger partial charge in [-0.25, -0.2) is 9.78 Å². The molecule has 1 aromatic heterocycles. The van der Waals surface area contributed by atoms with Gasteiger partial charge >= 0.3 is 5.97 Å². The summed E-state index contributed by atoms with van der Waals surface area (Å²) in [5, 5.41) is 11.9. The van der Waals surface area contributed by atoms with Crippen LogP contribution in [-0.4, -0.2) is 46.0 Å². The molecule has 0 aliphatic heterocycles. The Balaban J connectivity index is 2.83. The maximum atomic E-state index is 12.1. The summed E-state index contributed by atoms with van der Waals surface area (Å²) in [5.41, 5.74) is 0.00303. The lowest BCUT2D eigenvalue weighted by Crippen LogP contribution is -2.41. The average Bonchev–Trinajstić information content (AvgIpc) is 2.41. The smallest absolute Gasteiger partial charge is 0.337 e. The third-order valence-corrected chi connectivity index (χ3v) is 3.18. The molecule has 0 aliphatic rings. The lowest BCUT2D eigenvalue weighted by atomic mass is 10.2. The molecule has 1 aromatic rings. The number of nitrogens with one attached hydrogen (secondary N) is 1. The number of nitrogens with zero attached hydrogens (tertiary/aromatic N) is 2. The van der Waals surface area contributed by atoms with Crippen LogP contribution in [0.25, 0.3) is 0 Å². The molecule has 0 fully saturated rings. The van der Waals surface area contributed by atoms with E-state index in [0.29, 0.717) is 18.9 Å². The van der Waals surface area contributed by atoms with Crippen molar-refractivity contribution < 1.29 is 14.7 Å². The quantitative estimate of drug-likeness (QED) is 0.840. The number of pyridine rings is 1. The summed E-state index contributed by atoms with van der Waals surface area (Å²) in [5.74, 6) is -0.863. The highest BCUT2D eigenvalue weighted by Crippen LogP contribution is 2.21. The van der Waals surface area contributed by atoms with E-state index in [1.54, 1.807) is 11.8 Å². The topological polar surface area (TPSA) is 82.5 Å². The van der Waals surface area contributed by atoms with Crippen LogP contribution in [0.15, 0.2) is 12.3 Å². The Kier molecular flexibility index (Phi) is 5.76. The van der Waals surface area contributed by atoms with Crippen molar-refractivity contribution in [1.29, 1.82) is 0 Å². The number of likely N-dealkylation sites (N-methyl/N-ethyl adjacent to an activating group) is 1. The van der Waals surface area contributed by atoms with Crippen molar-refractivity contribution in [2.45, 2.75) is 26.8 Å². The predicted molar refractivity (Wildman–Crippen MR) is 77.2 cm³/mol. The van der Waals surface area contributed by atoms with Gasteiger partial charge in [0, 0.05) is 19.3 Å². The highest BCUT2D eigenvalue weighted by Gasteiger charge is 2.19. The van der Waals surface area contributed by atoms with Crippen molar-refractivity contribution in [3.8, 4) is 0 Å². The molecular weight excluding hydrogens is 282 g/mol. The van der Waals surface area contributed by atoms with Gasteiger partial charge in [0.25, 0.3) is 0 Å². The lowest BCUT2D eigenvalue weighted by molar-refractivity contribution is -0.131. The molecule has 1 amide bonds. The number of carboxylic acids is 1. The van der Waals surface area contributed by atoms with Crippen LogP contribution in [-0.2, 0) is 4.79 Å². The van der Waals surface area contributed by atoms with Gasteiger partial charge in [-0.2, -0.15) is 0 Å². The third kappa shape index (κ3) is 3.84. The Labute approximate surface area is 122 Å². The number of rotatable bonds is 6. The van der Waals surface area contributed by atoms with Crippen LogP contribution in [0.1, 0.15) is 31.1 Å². The number of anilines is 1. The van der Waals surface area contributed by atoms with Crippen LogP contribution in [0.3, 0.4) is 0 Å². The SMILES string of the molecule is CCN(CC)C(=O)C(C)Nc1ncc(C(=O)O)cc1Cl. The second-order valence-electron chi connectivity index (χ2n) is 4.24. The van der Waals surface area contributed by atoms with E-state index in [1.807, 2.05) is 13.8 Å². The van der Waals surface area contributed by atoms with E-state index >= 15 is 0 Å². The van der Waals surface area contributed by atoms with Gasteiger partial charge in [-0.3, -0.25) is 4.79 Å². The molecule has 6 nitrogen and oxygen atoms in total. The molecule has 2 N–H and O–H groups in total. The van der Waals surface area contributed by atoms with Gasteiger partial charge in [-0.05, 0) is 26.8 Å². The van der Waals surface area contributed by atoms with Crippen molar-refractivity contribution in [2.24, 2.45) is 0 Å². The fraction of sp³-hybridized carbons (Fsp3) is 0.462. The molecule has 1 heterocycles. The van der Waals surface area contributed by atoms with Gasteiger partial charge in [0.2, 0.25) is 5.91 Å². The first-order valence-electron chi connectivity index (χ1n) is 6.34. The van der Waals surface area contributed by atoms with E-state index in [0.717, 1.165) is 0 Å². The number of carbonyl (C=O) groups excluding carboxylic acids is 1. The van der Waals surface area contributed by atoms with Crippen LogP contribution in [0.5, 0.6) is 0 Å². The second-order valence-corrected chi connectivity index (χ2v) is 4.64. The molecule has 1 atom stereocenters. The Morgan fingerprint density at radius 3 is 2.50 bits per heavy atom. The molecule has 0 spiro atoms. The number of carbonyl (C=O) groups is 2. The minimum atomic E-state index is -1.10. The zero-order valence-electron chi connectivity index (χ0n) is 11.7. The zero-order chi connectivity index (χ0) is 15.3. The molecule has 0 saturated carbocycles. The minimum Gasteiger partial charge on any atom is -0.478 e. The molecule has 1 unspecified atom stereocenters. The monoisotopic (exact) mass is 299 g/mol. The van der Waals surface area contributed by atoms with E-state index < -0.39 is 12.0 Å². The molecule has 0 aromatic carbocycles. The van der Waals surface area contributed by atoms with E-state index in [4.69, 9.17) is 16.7 Å². The van der Waals surface area contributed by atoms with Crippen molar-refractivity contribution in [3.05, 3.63) is 22.8 Å². The van der Waals surface area contributed by atoms with Crippen molar-refractivity contribution in [3.63, 3.8) is 0 Å². The second kappa shape index (κ2) is 7.09. The average molecular weight is 300 g/mol. The van der Waals surface area contributed by atoms with E-state index in [2.05, 4.69) is 10.3 Å². The van der Waals surface area contributed by atoms with Crippen molar-refractivity contribution >= 4 is 29.3 Å². The zero-order valence-corrected chi connectivity index (χ0v) is 12.4. The van der Waals surface area contributed by atoms with E-state index in [9.17, 15) is 9.59 Å². The van der Waals surface area contributed by atoms with Crippen LogP contribution in [0, 0.1) is 0 Å². The van der Waals surface area contributed by atoms with E-state index in [-0.39, 0.29) is 16.5 Å². The molecular formula is C13H18ClN3O3. The summed E-state index contributed by atoms with van der Waals surface area (Å²) in [6.45, 7) is 6.77. The van der Waals surface area contributed by atoms with Crippen LogP contribution < -0.4 is 5.32 Å². The Hall–Kier alpha value is -1.82. The minimum absolute atomic E-state index is 0.00303. The van der Waals surface area contributed by atoms with Crippen LogP contribution >= 0.6 is 11.6 Å². The number of carboxylic acid groups (broad SMARTS) is 1. The predicted octanol–water partition coefficient (Wildman–Crippen LogP) is 2.10. The maximum absolute atomic E-state index is 12.1. The molecule has 7 heteroatoms. The van der Waals surface area contributed by atoms with Gasteiger partial charge in [0.05, 0.1) is 10.6 Å². The van der Waals surface area contributed by atoms with Crippen LogP contribution in [0.4, 0.5) is 5.82 Å². The molecule has 0 bridgehead atoms. The fourth-order valence-electron chi connectivity index (χ4n) is 1.74. The van der Waals surface area contributed by atoms with Crippen LogP contribution in [0.2, 0.25) is 5.02 Å². The Bertz CT molecular complexity index is 504. The highest BCUT2D eigenvalue weighted by atomic mass is 35.5. The van der Waals surface area contributed by atoms with Gasteiger partial charge < -0.3 is 15.3 Å². The summed E-state index contributed by atoms with van der Waals surface area (Å²) in [6.07, 6.45) is 1.20.